The second kappa shape index (κ2) is 3.49. The first kappa shape index (κ1) is 8.22. The Hall–Kier alpha value is -0.880. The summed E-state index contributed by atoms with van der Waals surface area (Å²) in [7, 11) is 0. The van der Waals surface area contributed by atoms with Gasteiger partial charge in [-0.05, 0) is 6.92 Å². The normalized spacial score (nSPS) is 20.0. The lowest BCUT2D eigenvalue weighted by molar-refractivity contribution is -0.119. The van der Waals surface area contributed by atoms with Crippen molar-refractivity contribution in [1.82, 2.24) is 0 Å². The molecule has 0 radical (unpaired) electrons. The maximum Gasteiger partial charge on any atom is 0.131 e. The van der Waals surface area contributed by atoms with Gasteiger partial charge in [0.25, 0.3) is 0 Å². The lowest BCUT2D eigenvalue weighted by Gasteiger charge is -2.29. The lowest BCUT2D eigenvalue weighted by atomic mass is 9.88. The molecule has 1 atom stereocenters. The van der Waals surface area contributed by atoms with Gasteiger partial charge >= 0.3 is 0 Å². The fraction of sp³-hybridized carbons (Fsp3) is 0.750. The molecule has 0 aromatic heterocycles. The molecule has 1 aliphatic rings. The minimum Gasteiger partial charge on any atom is -0.381 e. The molecule has 1 rings (SSSR count). The van der Waals surface area contributed by atoms with Crippen LogP contribution < -0.4 is 0 Å². The molecule has 60 valence electrons. The van der Waals surface area contributed by atoms with E-state index >= 15 is 0 Å². The average Bonchev–Trinajstić information content (AvgIpc) is 1.81. The molecule has 0 aromatic rings. The third-order valence-electron chi connectivity index (χ3n) is 1.91. The molecule has 0 saturated carbocycles. The molecule has 11 heavy (non-hydrogen) atoms. The van der Waals surface area contributed by atoms with Crippen molar-refractivity contribution in [2.24, 2.45) is 11.8 Å². The molecule has 0 spiro atoms. The molecule has 1 unspecified atom stereocenters. The van der Waals surface area contributed by atoms with E-state index in [1.54, 1.807) is 0 Å². The number of hydrogen-bond donors (Lipinski definition) is 0. The van der Waals surface area contributed by atoms with Crippen molar-refractivity contribution >= 4 is 5.78 Å². The SMILES string of the molecule is CC(=O)CC(C#N)C1COC1. The van der Waals surface area contributed by atoms with Crippen molar-refractivity contribution in [3.63, 3.8) is 0 Å². The average molecular weight is 153 g/mol. The first-order chi connectivity index (χ1) is 5.24. The Morgan fingerprint density at radius 1 is 1.82 bits per heavy atom. The van der Waals surface area contributed by atoms with Crippen LogP contribution in [-0.2, 0) is 9.53 Å². The monoisotopic (exact) mass is 153 g/mol. The zero-order chi connectivity index (χ0) is 8.27. The van der Waals surface area contributed by atoms with Crippen LogP contribution in [0.5, 0.6) is 0 Å². The summed E-state index contributed by atoms with van der Waals surface area (Å²) < 4.78 is 4.94. The predicted molar refractivity (Wildman–Crippen MR) is 38.7 cm³/mol. The number of Topliss-reactive ketones (excluding diaryl/α,β-unsaturated/α-hetero) is 1. The smallest absolute Gasteiger partial charge is 0.131 e. The Bertz CT molecular complexity index is 191. The van der Waals surface area contributed by atoms with Crippen molar-refractivity contribution in [2.45, 2.75) is 13.3 Å². The predicted octanol–water partition coefficient (Wildman–Crippen LogP) is 0.752. The quantitative estimate of drug-likeness (QED) is 0.601. The van der Waals surface area contributed by atoms with Crippen molar-refractivity contribution < 1.29 is 9.53 Å². The molecule has 0 aliphatic carbocycles. The Kier molecular flexibility index (Phi) is 2.61. The maximum atomic E-state index is 10.7. The summed E-state index contributed by atoms with van der Waals surface area (Å²) in [6.45, 7) is 2.81. The summed E-state index contributed by atoms with van der Waals surface area (Å²) in [5.41, 5.74) is 0. The zero-order valence-electron chi connectivity index (χ0n) is 6.54. The minimum atomic E-state index is -0.124. The first-order valence-corrected chi connectivity index (χ1v) is 3.71. The Morgan fingerprint density at radius 2 is 2.45 bits per heavy atom. The summed E-state index contributed by atoms with van der Waals surface area (Å²) in [6.07, 6.45) is 0.379. The number of carbonyl (C=O) groups is 1. The van der Waals surface area contributed by atoms with E-state index in [0.717, 1.165) is 0 Å². The Morgan fingerprint density at radius 3 is 2.73 bits per heavy atom. The number of rotatable bonds is 3. The van der Waals surface area contributed by atoms with Gasteiger partial charge in [0.2, 0.25) is 0 Å². The summed E-state index contributed by atoms with van der Waals surface area (Å²) in [5, 5.41) is 8.65. The molecule has 1 fully saturated rings. The van der Waals surface area contributed by atoms with Crippen LogP contribution >= 0.6 is 0 Å². The summed E-state index contributed by atoms with van der Waals surface area (Å²) >= 11 is 0. The van der Waals surface area contributed by atoms with Gasteiger partial charge in [0.05, 0.1) is 25.2 Å². The molecule has 1 heterocycles. The molecule has 0 amide bonds. The van der Waals surface area contributed by atoms with Crippen LogP contribution in [0.15, 0.2) is 0 Å². The van der Waals surface area contributed by atoms with Gasteiger partial charge in [0, 0.05) is 12.3 Å². The largest absolute Gasteiger partial charge is 0.381 e. The van der Waals surface area contributed by atoms with Gasteiger partial charge in [0.1, 0.15) is 5.78 Å². The summed E-state index contributed by atoms with van der Waals surface area (Å²) in [6, 6.07) is 2.13. The van der Waals surface area contributed by atoms with Crippen LogP contribution in [0.25, 0.3) is 0 Å². The van der Waals surface area contributed by atoms with Crippen molar-refractivity contribution in [1.29, 1.82) is 5.26 Å². The summed E-state index contributed by atoms with van der Waals surface area (Å²) in [4.78, 5) is 10.7. The van der Waals surface area contributed by atoms with Gasteiger partial charge in [-0.1, -0.05) is 0 Å². The number of carbonyl (C=O) groups excluding carboxylic acids is 1. The van der Waals surface area contributed by atoms with E-state index in [2.05, 4.69) is 6.07 Å². The highest BCUT2D eigenvalue weighted by Gasteiger charge is 2.28. The van der Waals surface area contributed by atoms with Crippen LogP contribution in [0.4, 0.5) is 0 Å². The Labute approximate surface area is 66.0 Å². The third kappa shape index (κ3) is 2.02. The zero-order valence-corrected chi connectivity index (χ0v) is 6.54. The second-order valence-electron chi connectivity index (χ2n) is 2.94. The molecule has 3 nitrogen and oxygen atoms in total. The highest BCUT2D eigenvalue weighted by molar-refractivity contribution is 5.76. The van der Waals surface area contributed by atoms with Gasteiger partial charge in [-0.15, -0.1) is 0 Å². The van der Waals surface area contributed by atoms with Crippen LogP contribution in [0.3, 0.4) is 0 Å². The van der Waals surface area contributed by atoms with E-state index in [9.17, 15) is 4.79 Å². The molecule has 0 bridgehead atoms. The number of hydrogen-bond acceptors (Lipinski definition) is 3. The Balaban J connectivity index is 2.37. The molecular formula is C8H11NO2. The van der Waals surface area contributed by atoms with Crippen LogP contribution in [0.2, 0.25) is 0 Å². The molecule has 3 heteroatoms. The van der Waals surface area contributed by atoms with Crippen LogP contribution in [-0.4, -0.2) is 19.0 Å². The van der Waals surface area contributed by atoms with E-state index in [1.165, 1.54) is 6.92 Å². The number of nitriles is 1. The first-order valence-electron chi connectivity index (χ1n) is 3.71. The van der Waals surface area contributed by atoms with E-state index in [-0.39, 0.29) is 11.7 Å². The number of ketones is 1. The standard InChI is InChI=1S/C8H11NO2/c1-6(10)2-7(3-9)8-4-11-5-8/h7-8H,2,4-5H2,1H3. The van der Waals surface area contributed by atoms with E-state index in [4.69, 9.17) is 10.00 Å². The molecule has 0 N–H and O–H groups in total. The van der Waals surface area contributed by atoms with Crippen molar-refractivity contribution in [3.8, 4) is 6.07 Å². The number of ether oxygens (including phenoxy) is 1. The molecular weight excluding hydrogens is 142 g/mol. The maximum absolute atomic E-state index is 10.7. The van der Waals surface area contributed by atoms with E-state index in [0.29, 0.717) is 25.6 Å². The highest BCUT2D eigenvalue weighted by Crippen LogP contribution is 2.22. The molecule has 1 aliphatic heterocycles. The van der Waals surface area contributed by atoms with Crippen molar-refractivity contribution in [2.75, 3.05) is 13.2 Å². The van der Waals surface area contributed by atoms with E-state index < -0.39 is 0 Å². The van der Waals surface area contributed by atoms with Gasteiger partial charge in [0.15, 0.2) is 0 Å². The van der Waals surface area contributed by atoms with Gasteiger partial charge in [-0.2, -0.15) is 5.26 Å². The number of nitrogens with zero attached hydrogens (tertiary/aromatic N) is 1. The van der Waals surface area contributed by atoms with E-state index in [1.807, 2.05) is 0 Å². The minimum absolute atomic E-state index is 0.0865. The van der Waals surface area contributed by atoms with Gasteiger partial charge in [-0.3, -0.25) is 4.79 Å². The summed E-state index contributed by atoms with van der Waals surface area (Å²) in [5.74, 6) is 0.258. The fourth-order valence-electron chi connectivity index (χ4n) is 1.11. The molecule has 1 saturated heterocycles. The molecule has 0 aromatic carbocycles. The second-order valence-corrected chi connectivity index (χ2v) is 2.94. The topological polar surface area (TPSA) is 50.1 Å². The third-order valence-corrected chi connectivity index (χ3v) is 1.91. The van der Waals surface area contributed by atoms with Crippen LogP contribution in [0, 0.1) is 23.2 Å². The van der Waals surface area contributed by atoms with Gasteiger partial charge < -0.3 is 4.74 Å². The van der Waals surface area contributed by atoms with Crippen molar-refractivity contribution in [3.05, 3.63) is 0 Å². The van der Waals surface area contributed by atoms with Crippen LogP contribution in [0.1, 0.15) is 13.3 Å². The fourth-order valence-corrected chi connectivity index (χ4v) is 1.11. The van der Waals surface area contributed by atoms with Gasteiger partial charge in [-0.25, -0.2) is 0 Å². The lowest BCUT2D eigenvalue weighted by Crippen LogP contribution is -2.34. The highest BCUT2D eigenvalue weighted by atomic mass is 16.5.